The Bertz CT molecular complexity index is 1190. The number of hydrogen-bond acceptors (Lipinski definition) is 4. The largest absolute Gasteiger partial charge is 0.480 e. The molecule has 0 amide bonds. The number of aromatic nitrogens is 3. The summed E-state index contributed by atoms with van der Waals surface area (Å²) in [7, 11) is 0. The van der Waals surface area contributed by atoms with Gasteiger partial charge in [0.2, 0.25) is 0 Å². The maximum Gasteiger partial charge on any atom is 0.196 e. The van der Waals surface area contributed by atoms with Gasteiger partial charge in [-0.3, -0.25) is 4.57 Å². The first-order chi connectivity index (χ1) is 15.0. The van der Waals surface area contributed by atoms with E-state index < -0.39 is 11.9 Å². The van der Waals surface area contributed by atoms with Crippen LogP contribution in [-0.2, 0) is 5.75 Å². The van der Waals surface area contributed by atoms with Gasteiger partial charge in [-0.25, -0.2) is 4.39 Å². The Hall–Kier alpha value is -2.54. The number of nitrogens with zero attached hydrogens (tertiary/aromatic N) is 3. The minimum Gasteiger partial charge on any atom is -0.480 e. The summed E-state index contributed by atoms with van der Waals surface area (Å²) in [6.07, 6.45) is -0.524. The van der Waals surface area contributed by atoms with Gasteiger partial charge in [0.1, 0.15) is 0 Å². The first kappa shape index (κ1) is 21.7. The van der Waals surface area contributed by atoms with Crippen molar-refractivity contribution in [3.63, 3.8) is 0 Å². The normalized spacial score (nSPS) is 12.0. The SMILES string of the molecule is CC(Oc1ccccc1F)c1nnc(SCc2ccc(Cl)c(Cl)c2)n1-c1ccccc1. The summed E-state index contributed by atoms with van der Waals surface area (Å²) in [5.74, 6) is 0.952. The fraction of sp³-hybridized carbons (Fsp3) is 0.130. The molecule has 1 atom stereocenters. The van der Waals surface area contributed by atoms with E-state index in [1.807, 2.05) is 54.0 Å². The molecular formula is C23H18Cl2FN3OS. The van der Waals surface area contributed by atoms with E-state index in [1.54, 1.807) is 24.3 Å². The van der Waals surface area contributed by atoms with E-state index in [9.17, 15) is 4.39 Å². The van der Waals surface area contributed by atoms with Crippen molar-refractivity contribution in [3.05, 3.63) is 100 Å². The minimum absolute atomic E-state index is 0.169. The summed E-state index contributed by atoms with van der Waals surface area (Å²) in [6, 6.07) is 21.6. The number of rotatable bonds is 7. The maximum atomic E-state index is 14.1. The number of para-hydroxylation sites is 2. The molecule has 0 bridgehead atoms. The monoisotopic (exact) mass is 473 g/mol. The van der Waals surface area contributed by atoms with Crippen LogP contribution in [-0.4, -0.2) is 14.8 Å². The van der Waals surface area contributed by atoms with Crippen LogP contribution in [0.3, 0.4) is 0 Å². The molecule has 8 heteroatoms. The van der Waals surface area contributed by atoms with Crippen LogP contribution in [0.25, 0.3) is 5.69 Å². The van der Waals surface area contributed by atoms with Crippen molar-refractivity contribution in [2.24, 2.45) is 0 Å². The van der Waals surface area contributed by atoms with Crippen molar-refractivity contribution in [1.29, 1.82) is 0 Å². The van der Waals surface area contributed by atoms with Gasteiger partial charge >= 0.3 is 0 Å². The summed E-state index contributed by atoms with van der Waals surface area (Å²) in [4.78, 5) is 0. The molecule has 0 aliphatic rings. The Morgan fingerprint density at radius 3 is 2.45 bits per heavy atom. The lowest BCUT2D eigenvalue weighted by Crippen LogP contribution is -2.12. The van der Waals surface area contributed by atoms with E-state index in [2.05, 4.69) is 10.2 Å². The van der Waals surface area contributed by atoms with Crippen molar-refractivity contribution in [1.82, 2.24) is 14.8 Å². The summed E-state index contributed by atoms with van der Waals surface area (Å²) < 4.78 is 21.9. The molecule has 0 spiro atoms. The van der Waals surface area contributed by atoms with Gasteiger partial charge in [0.15, 0.2) is 28.7 Å². The van der Waals surface area contributed by atoms with E-state index in [0.29, 0.717) is 26.8 Å². The molecule has 1 unspecified atom stereocenters. The number of benzene rings is 3. The summed E-state index contributed by atoms with van der Waals surface area (Å²) in [5.41, 5.74) is 1.90. The van der Waals surface area contributed by atoms with Crippen molar-refractivity contribution < 1.29 is 9.13 Å². The lowest BCUT2D eigenvalue weighted by atomic mass is 10.2. The third-order valence-corrected chi connectivity index (χ3v) is 6.27. The fourth-order valence-electron chi connectivity index (χ4n) is 3.02. The fourth-order valence-corrected chi connectivity index (χ4v) is 4.24. The van der Waals surface area contributed by atoms with E-state index >= 15 is 0 Å². The van der Waals surface area contributed by atoms with Gasteiger partial charge in [0.05, 0.1) is 10.0 Å². The number of thioether (sulfide) groups is 1. The molecule has 4 aromatic rings. The van der Waals surface area contributed by atoms with E-state index in [4.69, 9.17) is 27.9 Å². The van der Waals surface area contributed by atoms with Crippen LogP contribution in [0.15, 0.2) is 78.0 Å². The smallest absolute Gasteiger partial charge is 0.196 e. The van der Waals surface area contributed by atoms with Gasteiger partial charge in [-0.2, -0.15) is 0 Å². The Morgan fingerprint density at radius 1 is 0.968 bits per heavy atom. The van der Waals surface area contributed by atoms with E-state index in [0.717, 1.165) is 11.3 Å². The highest BCUT2D eigenvalue weighted by atomic mass is 35.5. The zero-order chi connectivity index (χ0) is 21.8. The van der Waals surface area contributed by atoms with Crippen LogP contribution >= 0.6 is 35.0 Å². The molecule has 0 aliphatic carbocycles. The van der Waals surface area contributed by atoms with Gasteiger partial charge in [-0.1, -0.05) is 71.4 Å². The Labute approximate surface area is 194 Å². The molecule has 4 rings (SSSR count). The molecule has 0 N–H and O–H groups in total. The zero-order valence-electron chi connectivity index (χ0n) is 16.5. The quantitative estimate of drug-likeness (QED) is 0.267. The molecule has 4 nitrogen and oxygen atoms in total. The molecule has 0 saturated heterocycles. The predicted molar refractivity (Wildman–Crippen MR) is 123 cm³/mol. The van der Waals surface area contributed by atoms with Gasteiger partial charge in [0, 0.05) is 11.4 Å². The molecular weight excluding hydrogens is 456 g/mol. The van der Waals surface area contributed by atoms with Crippen LogP contribution in [0.4, 0.5) is 4.39 Å². The highest BCUT2D eigenvalue weighted by Crippen LogP contribution is 2.31. The molecule has 1 aromatic heterocycles. The third-order valence-electron chi connectivity index (χ3n) is 4.53. The predicted octanol–water partition coefficient (Wildman–Crippen LogP) is 7.15. The summed E-state index contributed by atoms with van der Waals surface area (Å²) in [5, 5.41) is 10.5. The van der Waals surface area contributed by atoms with Crippen LogP contribution < -0.4 is 4.74 Å². The highest BCUT2D eigenvalue weighted by Gasteiger charge is 2.22. The number of ether oxygens (including phenoxy) is 1. The van der Waals surface area contributed by atoms with E-state index in [-0.39, 0.29) is 5.75 Å². The molecule has 158 valence electrons. The molecule has 3 aromatic carbocycles. The molecule has 0 radical (unpaired) electrons. The zero-order valence-corrected chi connectivity index (χ0v) is 18.8. The van der Waals surface area contributed by atoms with Crippen molar-refractivity contribution in [2.75, 3.05) is 0 Å². The second-order valence-electron chi connectivity index (χ2n) is 6.74. The Kier molecular flexibility index (Phi) is 6.80. The second-order valence-corrected chi connectivity index (χ2v) is 8.50. The molecule has 1 heterocycles. The lowest BCUT2D eigenvalue weighted by Gasteiger charge is -2.17. The van der Waals surface area contributed by atoms with Gasteiger partial charge in [0.25, 0.3) is 0 Å². The van der Waals surface area contributed by atoms with Gasteiger partial charge in [-0.15, -0.1) is 10.2 Å². The van der Waals surface area contributed by atoms with Crippen molar-refractivity contribution >= 4 is 35.0 Å². The van der Waals surface area contributed by atoms with E-state index in [1.165, 1.54) is 17.8 Å². The summed E-state index contributed by atoms with van der Waals surface area (Å²) >= 11 is 13.7. The molecule has 0 aliphatic heterocycles. The Balaban J connectivity index is 1.64. The lowest BCUT2D eigenvalue weighted by molar-refractivity contribution is 0.204. The average Bonchev–Trinajstić information content (AvgIpc) is 3.21. The number of halogens is 3. The molecule has 31 heavy (non-hydrogen) atoms. The standard InChI is InChI=1S/C23H18Cl2FN3OS/c1-15(30-21-10-6-5-9-20(21)26)22-27-28-23(29(22)17-7-3-2-4-8-17)31-14-16-11-12-18(24)19(25)13-16/h2-13,15H,14H2,1H3. The average molecular weight is 474 g/mol. The summed E-state index contributed by atoms with van der Waals surface area (Å²) in [6.45, 7) is 1.82. The Morgan fingerprint density at radius 2 is 1.71 bits per heavy atom. The molecule has 0 fully saturated rings. The maximum absolute atomic E-state index is 14.1. The van der Waals surface area contributed by atoms with Crippen LogP contribution in [0.2, 0.25) is 10.0 Å². The van der Waals surface area contributed by atoms with Crippen molar-refractivity contribution in [3.8, 4) is 11.4 Å². The second kappa shape index (κ2) is 9.73. The van der Waals surface area contributed by atoms with Crippen LogP contribution in [0, 0.1) is 5.82 Å². The third kappa shape index (κ3) is 5.03. The van der Waals surface area contributed by atoms with Crippen LogP contribution in [0.1, 0.15) is 24.4 Å². The van der Waals surface area contributed by atoms with Gasteiger partial charge < -0.3 is 4.74 Å². The highest BCUT2D eigenvalue weighted by molar-refractivity contribution is 7.98. The molecule has 0 saturated carbocycles. The van der Waals surface area contributed by atoms with Crippen molar-refractivity contribution in [2.45, 2.75) is 23.9 Å². The first-order valence-corrected chi connectivity index (χ1v) is 11.3. The number of hydrogen-bond donors (Lipinski definition) is 0. The van der Waals surface area contributed by atoms with Gasteiger partial charge in [-0.05, 0) is 48.9 Å². The first-order valence-electron chi connectivity index (χ1n) is 9.51. The van der Waals surface area contributed by atoms with Crippen LogP contribution in [0.5, 0.6) is 5.75 Å². The minimum atomic E-state index is -0.524. The topological polar surface area (TPSA) is 39.9 Å².